The largest absolute Gasteiger partial charge is 0.497 e. The van der Waals surface area contributed by atoms with E-state index in [9.17, 15) is 18.0 Å². The summed E-state index contributed by atoms with van der Waals surface area (Å²) >= 11 is 6.27. The van der Waals surface area contributed by atoms with Crippen LogP contribution in [-0.4, -0.2) is 38.0 Å². The molecule has 0 atom stereocenters. The standard InChI is InChI=1S/C24H21ClN2O5S/c1-32-17-10-7-15(8-11-17)14-27-20-12-9-16(25)13-19(20)22(18-5-3-4-6-21(18)28)23(27)24(29)26-33(2,30)31/h3-5,7-13H,6,14H2,1-2H3,(H,26,29). The topological polar surface area (TPSA) is 94.5 Å². The summed E-state index contributed by atoms with van der Waals surface area (Å²) in [4.78, 5) is 26.1. The van der Waals surface area contributed by atoms with Crippen molar-refractivity contribution in [2.45, 2.75) is 13.0 Å². The highest BCUT2D eigenvalue weighted by molar-refractivity contribution is 7.89. The predicted octanol–water partition coefficient (Wildman–Crippen LogP) is 3.95. The maximum absolute atomic E-state index is 13.3. The lowest BCUT2D eigenvalue weighted by Crippen LogP contribution is -2.32. The fourth-order valence-electron chi connectivity index (χ4n) is 3.90. The Morgan fingerprint density at radius 1 is 1.18 bits per heavy atom. The number of fused-ring (bicyclic) bond motifs is 1. The molecule has 1 aliphatic carbocycles. The van der Waals surface area contributed by atoms with E-state index in [1.165, 1.54) is 0 Å². The fourth-order valence-corrected chi connectivity index (χ4v) is 4.50. The molecule has 1 N–H and O–H groups in total. The number of halogens is 1. The summed E-state index contributed by atoms with van der Waals surface area (Å²) in [5.74, 6) is -0.311. The van der Waals surface area contributed by atoms with Gasteiger partial charge in [0.05, 0.1) is 13.4 Å². The Hall–Kier alpha value is -3.36. The second-order valence-corrected chi connectivity index (χ2v) is 9.84. The van der Waals surface area contributed by atoms with Crippen LogP contribution < -0.4 is 9.46 Å². The van der Waals surface area contributed by atoms with Gasteiger partial charge in [-0.25, -0.2) is 13.1 Å². The molecule has 1 amide bonds. The zero-order valence-electron chi connectivity index (χ0n) is 18.0. The molecule has 3 aromatic rings. The zero-order valence-corrected chi connectivity index (χ0v) is 19.5. The number of amides is 1. The minimum absolute atomic E-state index is 0.0726. The number of carbonyl (C=O) groups excluding carboxylic acids is 2. The van der Waals surface area contributed by atoms with Gasteiger partial charge in [-0.3, -0.25) is 9.59 Å². The second-order valence-electron chi connectivity index (χ2n) is 7.66. The van der Waals surface area contributed by atoms with Gasteiger partial charge in [0, 0.05) is 40.0 Å². The van der Waals surface area contributed by atoms with E-state index >= 15 is 0 Å². The van der Waals surface area contributed by atoms with Gasteiger partial charge in [0.25, 0.3) is 5.91 Å². The minimum atomic E-state index is -3.85. The number of rotatable bonds is 6. The lowest BCUT2D eigenvalue weighted by atomic mass is 9.93. The highest BCUT2D eigenvalue weighted by atomic mass is 35.5. The van der Waals surface area contributed by atoms with E-state index in [4.69, 9.17) is 16.3 Å². The van der Waals surface area contributed by atoms with E-state index < -0.39 is 15.9 Å². The number of methoxy groups -OCH3 is 1. The Balaban J connectivity index is 2.01. The lowest BCUT2D eigenvalue weighted by Gasteiger charge is -2.14. The number of sulfonamides is 1. The van der Waals surface area contributed by atoms with Crippen molar-refractivity contribution in [1.29, 1.82) is 0 Å². The van der Waals surface area contributed by atoms with E-state index in [1.54, 1.807) is 60.2 Å². The molecule has 0 bridgehead atoms. The molecule has 4 rings (SSSR count). The average molecular weight is 485 g/mol. The Labute approximate surface area is 196 Å². The van der Waals surface area contributed by atoms with Crippen LogP contribution in [0.1, 0.15) is 28.0 Å². The average Bonchev–Trinajstić information content (AvgIpc) is 3.06. The first kappa shape index (κ1) is 22.8. The van der Waals surface area contributed by atoms with Crippen molar-refractivity contribution in [3.8, 4) is 5.75 Å². The first-order chi connectivity index (χ1) is 15.7. The van der Waals surface area contributed by atoms with Crippen LogP contribution in [0, 0.1) is 0 Å². The molecular formula is C24H21ClN2O5S. The maximum Gasteiger partial charge on any atom is 0.282 e. The van der Waals surface area contributed by atoms with Gasteiger partial charge < -0.3 is 9.30 Å². The fraction of sp³-hybridized carbons (Fsp3) is 0.167. The van der Waals surface area contributed by atoms with Gasteiger partial charge in [0.15, 0.2) is 5.78 Å². The van der Waals surface area contributed by atoms with Gasteiger partial charge in [0.1, 0.15) is 11.4 Å². The lowest BCUT2D eigenvalue weighted by molar-refractivity contribution is -0.113. The van der Waals surface area contributed by atoms with Crippen LogP contribution in [0.3, 0.4) is 0 Å². The van der Waals surface area contributed by atoms with Gasteiger partial charge in [0.2, 0.25) is 10.0 Å². The molecule has 33 heavy (non-hydrogen) atoms. The number of ether oxygens (including phenoxy) is 1. The predicted molar refractivity (Wildman–Crippen MR) is 128 cm³/mol. The number of allylic oxidation sites excluding steroid dienone is 4. The van der Waals surface area contributed by atoms with Gasteiger partial charge in [-0.2, -0.15) is 0 Å². The maximum atomic E-state index is 13.3. The summed E-state index contributed by atoms with van der Waals surface area (Å²) in [7, 11) is -2.28. The van der Waals surface area contributed by atoms with Crippen LogP contribution in [-0.2, 0) is 21.4 Å². The molecular weight excluding hydrogens is 464 g/mol. The number of benzene rings is 2. The number of hydrogen-bond acceptors (Lipinski definition) is 5. The van der Waals surface area contributed by atoms with Crippen LogP contribution in [0.5, 0.6) is 5.75 Å². The summed E-state index contributed by atoms with van der Waals surface area (Å²) in [6.45, 7) is 0.256. The van der Waals surface area contributed by atoms with E-state index in [0.29, 0.717) is 32.8 Å². The number of hydrogen-bond donors (Lipinski definition) is 1. The smallest absolute Gasteiger partial charge is 0.282 e. The second kappa shape index (κ2) is 8.88. The van der Waals surface area contributed by atoms with Crippen LogP contribution in [0.4, 0.5) is 0 Å². The molecule has 0 fully saturated rings. The highest BCUT2D eigenvalue weighted by Crippen LogP contribution is 2.36. The summed E-state index contributed by atoms with van der Waals surface area (Å²) < 4.78 is 32.8. The molecule has 0 radical (unpaired) electrons. The van der Waals surface area contributed by atoms with Gasteiger partial charge in [-0.15, -0.1) is 0 Å². The van der Waals surface area contributed by atoms with Crippen molar-refractivity contribution in [2.24, 2.45) is 0 Å². The molecule has 1 aromatic heterocycles. The van der Waals surface area contributed by atoms with Crippen molar-refractivity contribution < 1.29 is 22.7 Å². The SMILES string of the molecule is COc1ccc(Cn2c(C(=O)NS(C)(=O)=O)c(C3=CC=CCC3=O)c3cc(Cl)ccc32)cc1. The molecule has 0 aliphatic heterocycles. The third-order valence-corrected chi connectivity index (χ3v) is 6.08. The molecule has 0 saturated carbocycles. The van der Waals surface area contributed by atoms with E-state index in [1.807, 2.05) is 12.1 Å². The summed E-state index contributed by atoms with van der Waals surface area (Å²) in [5.41, 5.74) is 2.26. The molecule has 0 saturated heterocycles. The number of Topliss-reactive ketones (excluding diaryl/α,β-unsaturated/α-hetero) is 1. The summed E-state index contributed by atoms with van der Waals surface area (Å²) in [5, 5.41) is 1.02. The van der Waals surface area contributed by atoms with Crippen LogP contribution >= 0.6 is 11.6 Å². The number of nitrogens with one attached hydrogen (secondary N) is 1. The Morgan fingerprint density at radius 2 is 1.91 bits per heavy atom. The van der Waals surface area contributed by atoms with E-state index in [0.717, 1.165) is 11.8 Å². The Morgan fingerprint density at radius 3 is 2.55 bits per heavy atom. The van der Waals surface area contributed by atoms with Crippen LogP contribution in [0.2, 0.25) is 5.02 Å². The van der Waals surface area contributed by atoms with Gasteiger partial charge >= 0.3 is 0 Å². The molecule has 1 heterocycles. The molecule has 170 valence electrons. The Bertz CT molecular complexity index is 1430. The van der Waals surface area contributed by atoms with E-state index in [2.05, 4.69) is 4.72 Å². The van der Waals surface area contributed by atoms with E-state index in [-0.39, 0.29) is 24.4 Å². The first-order valence-electron chi connectivity index (χ1n) is 10.0. The minimum Gasteiger partial charge on any atom is -0.497 e. The van der Waals surface area contributed by atoms with Crippen LogP contribution in [0.25, 0.3) is 16.5 Å². The van der Waals surface area contributed by atoms with Crippen molar-refractivity contribution in [2.75, 3.05) is 13.4 Å². The number of ketones is 1. The monoisotopic (exact) mass is 484 g/mol. The number of nitrogens with zero attached hydrogens (tertiary/aromatic N) is 1. The first-order valence-corrected chi connectivity index (χ1v) is 12.3. The van der Waals surface area contributed by atoms with Gasteiger partial charge in [-0.1, -0.05) is 42.0 Å². The molecule has 9 heteroatoms. The zero-order chi connectivity index (χ0) is 23.8. The van der Waals surface area contributed by atoms with Crippen molar-refractivity contribution in [3.63, 3.8) is 0 Å². The van der Waals surface area contributed by atoms with Gasteiger partial charge in [-0.05, 0) is 35.9 Å². The normalized spacial score (nSPS) is 13.8. The van der Waals surface area contributed by atoms with Crippen molar-refractivity contribution >= 4 is 49.8 Å². The molecule has 0 spiro atoms. The molecule has 7 nitrogen and oxygen atoms in total. The third-order valence-electron chi connectivity index (χ3n) is 5.29. The van der Waals surface area contributed by atoms with Crippen molar-refractivity contribution in [3.05, 3.63) is 82.5 Å². The van der Waals surface area contributed by atoms with Crippen LogP contribution in [0.15, 0.2) is 60.7 Å². The molecule has 1 aliphatic rings. The Kier molecular flexibility index (Phi) is 6.14. The molecule has 0 unspecified atom stereocenters. The molecule has 2 aromatic carbocycles. The quantitative estimate of drug-likeness (QED) is 0.571. The van der Waals surface area contributed by atoms with Crippen molar-refractivity contribution in [1.82, 2.24) is 9.29 Å². The third kappa shape index (κ3) is 4.72. The summed E-state index contributed by atoms with van der Waals surface area (Å²) in [6.07, 6.45) is 6.20. The number of aromatic nitrogens is 1. The number of carbonyl (C=O) groups is 2. The summed E-state index contributed by atoms with van der Waals surface area (Å²) in [6, 6.07) is 12.4. The highest BCUT2D eigenvalue weighted by Gasteiger charge is 2.29.